The number of likely N-dealkylation sites (tertiary alicyclic amines) is 1. The van der Waals surface area contributed by atoms with E-state index in [4.69, 9.17) is 14.0 Å². The normalized spacial score (nSPS) is 16.1. The fraction of sp³-hybridized carbons (Fsp3) is 0.348. The number of hydrogen-bond acceptors (Lipinski definition) is 6. The monoisotopic (exact) mass is 422 g/mol. The van der Waals surface area contributed by atoms with E-state index >= 15 is 0 Å². The third kappa shape index (κ3) is 4.63. The second kappa shape index (κ2) is 9.07. The van der Waals surface area contributed by atoms with Crippen molar-refractivity contribution in [1.29, 1.82) is 0 Å². The van der Waals surface area contributed by atoms with Crippen LogP contribution in [0.1, 0.15) is 30.2 Å². The van der Waals surface area contributed by atoms with Gasteiger partial charge in [0.15, 0.2) is 0 Å². The molecule has 0 saturated carbocycles. The van der Waals surface area contributed by atoms with Gasteiger partial charge in [-0.25, -0.2) is 4.79 Å². The number of carbonyl (C=O) groups excluding carboxylic acids is 1. The Morgan fingerprint density at radius 1 is 1.16 bits per heavy atom. The standard InChI is InChI=1S/C23H26N4O4/c1-15-6-8-16(9-7-15)21-25-22(31-26-21)17-5-4-12-27(14-17)23(28)24-19-11-10-18(29-2)13-20(19)30-3/h6-11,13,17H,4-5,12,14H2,1-3H3,(H,24,28). The van der Waals surface area contributed by atoms with Gasteiger partial charge in [-0.15, -0.1) is 0 Å². The van der Waals surface area contributed by atoms with Crippen molar-refractivity contribution in [2.75, 3.05) is 32.6 Å². The van der Waals surface area contributed by atoms with E-state index in [1.807, 2.05) is 31.2 Å². The molecule has 0 aliphatic carbocycles. The highest BCUT2D eigenvalue weighted by molar-refractivity contribution is 5.91. The Hall–Kier alpha value is -3.55. The zero-order valence-corrected chi connectivity index (χ0v) is 17.9. The molecule has 0 spiro atoms. The molecule has 1 unspecified atom stereocenters. The Balaban J connectivity index is 1.44. The minimum Gasteiger partial charge on any atom is -0.497 e. The third-order valence-corrected chi connectivity index (χ3v) is 5.46. The fourth-order valence-electron chi connectivity index (χ4n) is 3.68. The summed E-state index contributed by atoms with van der Waals surface area (Å²) in [4.78, 5) is 19.2. The van der Waals surface area contributed by atoms with Crippen molar-refractivity contribution >= 4 is 11.7 Å². The van der Waals surface area contributed by atoms with E-state index in [1.165, 1.54) is 5.56 Å². The lowest BCUT2D eigenvalue weighted by Gasteiger charge is -2.31. The number of urea groups is 1. The van der Waals surface area contributed by atoms with Crippen LogP contribution in [-0.2, 0) is 0 Å². The molecule has 8 nitrogen and oxygen atoms in total. The summed E-state index contributed by atoms with van der Waals surface area (Å²) in [6, 6.07) is 13.1. The Morgan fingerprint density at radius 3 is 2.71 bits per heavy atom. The molecule has 1 aromatic heterocycles. The summed E-state index contributed by atoms with van der Waals surface area (Å²) < 4.78 is 16.1. The van der Waals surface area contributed by atoms with Crippen LogP contribution in [0.15, 0.2) is 47.0 Å². The maximum atomic E-state index is 12.9. The van der Waals surface area contributed by atoms with Crippen molar-refractivity contribution in [3.8, 4) is 22.9 Å². The van der Waals surface area contributed by atoms with Crippen molar-refractivity contribution in [2.24, 2.45) is 0 Å². The molecule has 3 aromatic rings. The van der Waals surface area contributed by atoms with Gasteiger partial charge in [-0.1, -0.05) is 35.0 Å². The summed E-state index contributed by atoms with van der Waals surface area (Å²) in [5, 5.41) is 7.06. The van der Waals surface area contributed by atoms with Crippen LogP contribution in [-0.4, -0.2) is 48.4 Å². The summed E-state index contributed by atoms with van der Waals surface area (Å²) in [6.45, 7) is 3.22. The summed E-state index contributed by atoms with van der Waals surface area (Å²) >= 11 is 0. The molecule has 1 N–H and O–H groups in total. The summed E-state index contributed by atoms with van der Waals surface area (Å²) in [7, 11) is 3.14. The van der Waals surface area contributed by atoms with Gasteiger partial charge in [0.25, 0.3) is 0 Å². The number of nitrogens with one attached hydrogen (secondary N) is 1. The average Bonchev–Trinajstić information content (AvgIpc) is 3.30. The number of hydrogen-bond donors (Lipinski definition) is 1. The molecule has 2 aromatic carbocycles. The van der Waals surface area contributed by atoms with E-state index in [-0.39, 0.29) is 11.9 Å². The average molecular weight is 422 g/mol. The van der Waals surface area contributed by atoms with Crippen molar-refractivity contribution in [3.05, 3.63) is 53.9 Å². The van der Waals surface area contributed by atoms with Crippen molar-refractivity contribution in [1.82, 2.24) is 15.0 Å². The van der Waals surface area contributed by atoms with E-state index < -0.39 is 0 Å². The number of methoxy groups -OCH3 is 2. The van der Waals surface area contributed by atoms with E-state index in [0.29, 0.717) is 42.0 Å². The molecule has 1 aliphatic rings. The number of aryl methyl sites for hydroxylation is 1. The van der Waals surface area contributed by atoms with Gasteiger partial charge in [0.05, 0.1) is 25.8 Å². The Kier molecular flexibility index (Phi) is 6.06. The number of amides is 2. The van der Waals surface area contributed by atoms with Gasteiger partial charge in [-0.05, 0) is 31.9 Å². The highest BCUT2D eigenvalue weighted by Crippen LogP contribution is 2.31. The van der Waals surface area contributed by atoms with Gasteiger partial charge in [0, 0.05) is 24.7 Å². The number of benzene rings is 2. The first-order chi connectivity index (χ1) is 15.1. The topological polar surface area (TPSA) is 89.7 Å². The molecular formula is C23H26N4O4. The van der Waals surface area contributed by atoms with Crippen molar-refractivity contribution in [3.63, 3.8) is 0 Å². The molecule has 162 valence electrons. The van der Waals surface area contributed by atoms with Gasteiger partial charge in [0.1, 0.15) is 11.5 Å². The predicted octanol–water partition coefficient (Wildman–Crippen LogP) is 4.47. The lowest BCUT2D eigenvalue weighted by molar-refractivity contribution is 0.184. The SMILES string of the molecule is COc1ccc(NC(=O)N2CCCC(c3nc(-c4ccc(C)cc4)no3)C2)c(OC)c1. The van der Waals surface area contributed by atoms with Gasteiger partial charge in [-0.3, -0.25) is 0 Å². The van der Waals surface area contributed by atoms with Crippen molar-refractivity contribution in [2.45, 2.75) is 25.7 Å². The molecule has 2 amide bonds. The first-order valence-corrected chi connectivity index (χ1v) is 10.3. The molecule has 2 heterocycles. The summed E-state index contributed by atoms with van der Waals surface area (Å²) in [5.41, 5.74) is 2.68. The molecule has 1 atom stereocenters. The minimum atomic E-state index is -0.188. The molecule has 1 fully saturated rings. The largest absolute Gasteiger partial charge is 0.497 e. The van der Waals surface area contributed by atoms with Crippen LogP contribution < -0.4 is 14.8 Å². The fourth-order valence-corrected chi connectivity index (χ4v) is 3.68. The molecular weight excluding hydrogens is 396 g/mol. The third-order valence-electron chi connectivity index (χ3n) is 5.46. The smallest absolute Gasteiger partial charge is 0.321 e. The van der Waals surface area contributed by atoms with E-state index in [9.17, 15) is 4.79 Å². The quantitative estimate of drug-likeness (QED) is 0.652. The number of aromatic nitrogens is 2. The molecule has 31 heavy (non-hydrogen) atoms. The maximum Gasteiger partial charge on any atom is 0.321 e. The van der Waals surface area contributed by atoms with Crippen LogP contribution in [0.25, 0.3) is 11.4 Å². The van der Waals surface area contributed by atoms with Gasteiger partial charge >= 0.3 is 6.03 Å². The second-order valence-corrected chi connectivity index (χ2v) is 7.60. The number of carbonyl (C=O) groups is 1. The second-order valence-electron chi connectivity index (χ2n) is 7.60. The highest BCUT2D eigenvalue weighted by atomic mass is 16.5. The molecule has 4 rings (SSSR count). The molecule has 0 radical (unpaired) electrons. The van der Waals surface area contributed by atoms with Crippen LogP contribution in [0.3, 0.4) is 0 Å². The predicted molar refractivity (Wildman–Crippen MR) is 117 cm³/mol. The van der Waals surface area contributed by atoms with Crippen LogP contribution in [0, 0.1) is 6.92 Å². The lowest BCUT2D eigenvalue weighted by Crippen LogP contribution is -2.41. The Bertz CT molecular complexity index is 1050. The maximum absolute atomic E-state index is 12.9. The van der Waals surface area contributed by atoms with Crippen LogP contribution in [0.4, 0.5) is 10.5 Å². The van der Waals surface area contributed by atoms with Crippen molar-refractivity contribution < 1.29 is 18.8 Å². The zero-order valence-electron chi connectivity index (χ0n) is 17.9. The number of rotatable bonds is 5. The van der Waals surface area contributed by atoms with Crippen LogP contribution in [0.5, 0.6) is 11.5 Å². The number of anilines is 1. The first-order valence-electron chi connectivity index (χ1n) is 10.3. The lowest BCUT2D eigenvalue weighted by atomic mass is 9.98. The molecule has 0 bridgehead atoms. The van der Waals surface area contributed by atoms with E-state index in [1.54, 1.807) is 37.3 Å². The Morgan fingerprint density at radius 2 is 1.97 bits per heavy atom. The van der Waals surface area contributed by atoms with Gasteiger partial charge < -0.3 is 24.2 Å². The molecule has 8 heteroatoms. The number of piperidine rings is 1. The molecule has 1 saturated heterocycles. The zero-order chi connectivity index (χ0) is 21.8. The Labute approximate surface area is 181 Å². The number of nitrogens with zero attached hydrogens (tertiary/aromatic N) is 3. The van der Waals surface area contributed by atoms with Gasteiger partial charge in [-0.2, -0.15) is 4.98 Å². The van der Waals surface area contributed by atoms with Crippen LogP contribution >= 0.6 is 0 Å². The molecule has 1 aliphatic heterocycles. The minimum absolute atomic E-state index is 0.00367. The first kappa shape index (κ1) is 20.7. The number of ether oxygens (including phenoxy) is 2. The van der Waals surface area contributed by atoms with E-state index in [2.05, 4.69) is 15.5 Å². The summed E-state index contributed by atoms with van der Waals surface area (Å²) in [5.74, 6) is 2.34. The van der Waals surface area contributed by atoms with Gasteiger partial charge in [0.2, 0.25) is 11.7 Å². The highest BCUT2D eigenvalue weighted by Gasteiger charge is 2.29. The van der Waals surface area contributed by atoms with E-state index in [0.717, 1.165) is 18.4 Å². The van der Waals surface area contributed by atoms with Crippen LogP contribution in [0.2, 0.25) is 0 Å². The summed E-state index contributed by atoms with van der Waals surface area (Å²) in [6.07, 6.45) is 1.76.